The van der Waals surface area contributed by atoms with Gasteiger partial charge in [0.1, 0.15) is 0 Å². The fourth-order valence-electron chi connectivity index (χ4n) is 2.09. The number of non-ortho nitro benzene ring substituents is 1. The molecule has 0 aromatic heterocycles. The van der Waals surface area contributed by atoms with Gasteiger partial charge in [-0.3, -0.25) is 24.6 Å². The second-order valence-corrected chi connectivity index (χ2v) is 4.21. The van der Waals surface area contributed by atoms with E-state index in [1.807, 2.05) is 0 Å². The van der Waals surface area contributed by atoms with Crippen molar-refractivity contribution in [2.24, 2.45) is 0 Å². The first-order valence-electron chi connectivity index (χ1n) is 5.78. The van der Waals surface area contributed by atoms with Crippen LogP contribution < -0.4 is 0 Å². The zero-order chi connectivity index (χ0) is 14.2. The molecule has 1 N–H and O–H groups in total. The van der Waals surface area contributed by atoms with E-state index in [1.165, 1.54) is 12.1 Å². The van der Waals surface area contributed by atoms with E-state index in [9.17, 15) is 24.8 Å². The van der Waals surface area contributed by atoms with Crippen LogP contribution in [-0.4, -0.2) is 39.4 Å². The van der Waals surface area contributed by atoms with Gasteiger partial charge in [0.15, 0.2) is 0 Å². The van der Waals surface area contributed by atoms with E-state index in [4.69, 9.17) is 0 Å². The normalized spacial score (nSPS) is 15.6. The van der Waals surface area contributed by atoms with E-state index >= 15 is 0 Å². The molecule has 0 fully saturated rings. The predicted molar refractivity (Wildman–Crippen MR) is 64.8 cm³/mol. The molecule has 1 heterocycles. The number of fused-ring (bicyclic) bond motifs is 1. The number of nitro benzene ring substituents is 1. The summed E-state index contributed by atoms with van der Waals surface area (Å²) in [7, 11) is 0. The number of aliphatic hydroxyl groups excluding tert-OH is 1. The molecule has 1 atom stereocenters. The van der Waals surface area contributed by atoms with Gasteiger partial charge in [0.2, 0.25) is 0 Å². The van der Waals surface area contributed by atoms with E-state index in [0.29, 0.717) is 6.42 Å². The summed E-state index contributed by atoms with van der Waals surface area (Å²) in [5, 5.41) is 19.9. The summed E-state index contributed by atoms with van der Waals surface area (Å²) in [6, 6.07) is 2.96. The molecule has 1 aromatic carbocycles. The highest BCUT2D eigenvalue weighted by Crippen LogP contribution is 2.28. The Morgan fingerprint density at radius 3 is 2.47 bits per heavy atom. The Labute approximate surface area is 108 Å². The number of carbonyl (C=O) groups is 2. The van der Waals surface area contributed by atoms with Gasteiger partial charge >= 0.3 is 0 Å². The van der Waals surface area contributed by atoms with Gasteiger partial charge in [-0.15, -0.1) is 0 Å². The third-order valence-electron chi connectivity index (χ3n) is 3.16. The summed E-state index contributed by atoms with van der Waals surface area (Å²) < 4.78 is 0. The van der Waals surface area contributed by atoms with Gasteiger partial charge in [0.05, 0.1) is 28.7 Å². The Balaban J connectivity index is 2.47. The van der Waals surface area contributed by atoms with Crippen LogP contribution in [0.2, 0.25) is 0 Å². The van der Waals surface area contributed by atoms with Crippen LogP contribution in [0.1, 0.15) is 34.1 Å². The molecular weight excluding hydrogens is 252 g/mol. The Kier molecular flexibility index (Phi) is 3.30. The summed E-state index contributed by atoms with van der Waals surface area (Å²) in [6.07, 6.45) is 0.421. The van der Waals surface area contributed by atoms with Crippen molar-refractivity contribution in [2.75, 3.05) is 6.61 Å². The van der Waals surface area contributed by atoms with Crippen LogP contribution in [0.25, 0.3) is 0 Å². The van der Waals surface area contributed by atoms with E-state index in [-0.39, 0.29) is 23.4 Å². The van der Waals surface area contributed by atoms with Crippen LogP contribution >= 0.6 is 0 Å². The van der Waals surface area contributed by atoms with E-state index in [0.717, 1.165) is 11.0 Å². The van der Waals surface area contributed by atoms with Crippen molar-refractivity contribution < 1.29 is 19.6 Å². The molecule has 0 aliphatic carbocycles. The summed E-state index contributed by atoms with van der Waals surface area (Å²) >= 11 is 0. The Morgan fingerprint density at radius 2 is 1.95 bits per heavy atom. The number of hydrogen-bond donors (Lipinski definition) is 1. The molecule has 1 aromatic rings. The number of amides is 2. The molecule has 0 spiro atoms. The lowest BCUT2D eigenvalue weighted by atomic mass is 10.1. The summed E-state index contributed by atoms with van der Waals surface area (Å²) in [5.41, 5.74) is -0.0765. The van der Waals surface area contributed by atoms with Crippen molar-refractivity contribution in [1.82, 2.24) is 4.90 Å². The molecule has 0 saturated heterocycles. The molecule has 19 heavy (non-hydrogen) atoms. The summed E-state index contributed by atoms with van der Waals surface area (Å²) in [6.45, 7) is 1.41. The molecule has 0 saturated carbocycles. The van der Waals surface area contributed by atoms with Gasteiger partial charge in [0.25, 0.3) is 17.5 Å². The molecule has 7 nitrogen and oxygen atoms in total. The number of imide groups is 1. The third kappa shape index (κ3) is 1.97. The van der Waals surface area contributed by atoms with Gasteiger partial charge in [-0.1, -0.05) is 6.92 Å². The first-order chi connectivity index (χ1) is 9.01. The maximum atomic E-state index is 12.1. The fourth-order valence-corrected chi connectivity index (χ4v) is 2.09. The fraction of sp³-hybridized carbons (Fsp3) is 0.333. The number of benzene rings is 1. The zero-order valence-corrected chi connectivity index (χ0v) is 10.2. The molecule has 100 valence electrons. The van der Waals surface area contributed by atoms with Crippen molar-refractivity contribution in [3.05, 3.63) is 39.4 Å². The van der Waals surface area contributed by atoms with Crippen molar-refractivity contribution in [3.8, 4) is 0 Å². The number of aliphatic hydroxyl groups is 1. The van der Waals surface area contributed by atoms with Crippen molar-refractivity contribution >= 4 is 17.5 Å². The monoisotopic (exact) mass is 264 g/mol. The van der Waals surface area contributed by atoms with Gasteiger partial charge in [0, 0.05) is 12.1 Å². The minimum atomic E-state index is -0.621. The first-order valence-corrected chi connectivity index (χ1v) is 5.78. The lowest BCUT2D eigenvalue weighted by Gasteiger charge is -2.22. The van der Waals surface area contributed by atoms with Crippen LogP contribution in [0.4, 0.5) is 5.69 Å². The van der Waals surface area contributed by atoms with Crippen LogP contribution in [-0.2, 0) is 0 Å². The number of nitro groups is 1. The molecule has 1 unspecified atom stereocenters. The summed E-state index contributed by atoms with van der Waals surface area (Å²) in [5.74, 6) is -1.11. The second kappa shape index (κ2) is 4.77. The van der Waals surface area contributed by atoms with Gasteiger partial charge in [-0.2, -0.15) is 0 Å². The molecule has 2 amide bonds. The van der Waals surface area contributed by atoms with Gasteiger partial charge < -0.3 is 5.11 Å². The minimum Gasteiger partial charge on any atom is -0.394 e. The highest BCUT2D eigenvalue weighted by molar-refractivity contribution is 6.21. The number of rotatable bonds is 4. The molecule has 0 radical (unpaired) electrons. The van der Waals surface area contributed by atoms with Crippen LogP contribution in [0.15, 0.2) is 18.2 Å². The highest BCUT2D eigenvalue weighted by Gasteiger charge is 2.40. The maximum Gasteiger partial charge on any atom is 0.270 e. The molecule has 7 heteroatoms. The highest BCUT2D eigenvalue weighted by atomic mass is 16.6. The van der Waals surface area contributed by atoms with Crippen LogP contribution in [0, 0.1) is 10.1 Å². The SMILES string of the molecule is CCC(CO)N1C(=O)c2ccc([N+](=O)[O-])cc2C1=O. The van der Waals surface area contributed by atoms with Gasteiger partial charge in [-0.05, 0) is 12.5 Å². The van der Waals surface area contributed by atoms with E-state index in [2.05, 4.69) is 0 Å². The molecule has 1 aliphatic rings. The third-order valence-corrected chi connectivity index (χ3v) is 3.16. The zero-order valence-electron chi connectivity index (χ0n) is 10.2. The van der Waals surface area contributed by atoms with E-state index < -0.39 is 22.8 Å². The smallest absolute Gasteiger partial charge is 0.270 e. The Morgan fingerprint density at radius 1 is 1.32 bits per heavy atom. The number of hydrogen-bond acceptors (Lipinski definition) is 5. The lowest BCUT2D eigenvalue weighted by Crippen LogP contribution is -2.41. The number of nitrogens with zero attached hydrogens (tertiary/aromatic N) is 2. The molecular formula is C12H12N2O5. The maximum absolute atomic E-state index is 12.1. The quantitative estimate of drug-likeness (QED) is 0.496. The lowest BCUT2D eigenvalue weighted by molar-refractivity contribution is -0.384. The predicted octanol–water partition coefficient (Wildman–Crippen LogP) is 0.962. The van der Waals surface area contributed by atoms with Crippen LogP contribution in [0.3, 0.4) is 0 Å². The molecule has 0 bridgehead atoms. The average Bonchev–Trinajstić information content (AvgIpc) is 2.65. The molecule has 2 rings (SSSR count). The summed E-state index contributed by atoms with van der Waals surface area (Å²) in [4.78, 5) is 35.2. The minimum absolute atomic E-state index is 0.0195. The molecule has 1 aliphatic heterocycles. The Hall–Kier alpha value is -2.28. The first kappa shape index (κ1) is 13.2. The van der Waals surface area contributed by atoms with E-state index in [1.54, 1.807) is 6.92 Å². The largest absolute Gasteiger partial charge is 0.394 e. The Bertz CT molecular complexity index is 565. The van der Waals surface area contributed by atoms with Crippen molar-refractivity contribution in [3.63, 3.8) is 0 Å². The van der Waals surface area contributed by atoms with Crippen molar-refractivity contribution in [2.45, 2.75) is 19.4 Å². The topological polar surface area (TPSA) is 101 Å². The van der Waals surface area contributed by atoms with Gasteiger partial charge in [-0.25, -0.2) is 0 Å². The average molecular weight is 264 g/mol. The second-order valence-electron chi connectivity index (χ2n) is 4.21. The standard InChI is InChI=1S/C12H12N2O5/c1-2-7(6-15)13-11(16)9-4-3-8(14(18)19)5-10(9)12(13)17/h3-5,7,15H,2,6H2,1H3. The van der Waals surface area contributed by atoms with Crippen LogP contribution in [0.5, 0.6) is 0 Å². The van der Waals surface area contributed by atoms with Crippen molar-refractivity contribution in [1.29, 1.82) is 0 Å². The number of carbonyl (C=O) groups excluding carboxylic acids is 2.